The highest BCUT2D eigenvalue weighted by Gasteiger charge is 2.28. The molecule has 2 aromatic rings. The van der Waals surface area contributed by atoms with Crippen molar-refractivity contribution in [1.82, 2.24) is 0 Å². The molecule has 130 valence electrons. The summed E-state index contributed by atoms with van der Waals surface area (Å²) in [5.41, 5.74) is 1.54. The number of hydrogen-bond donors (Lipinski definition) is 2. The van der Waals surface area contributed by atoms with Crippen LogP contribution in [-0.4, -0.2) is 19.8 Å². The SMILES string of the molecule is CS(=O)(=O)Nc1ccc(Oc2cc(F)cc(C#N)c2)c2c1C(O)CC2. The number of nitrogens with zero attached hydrogens (tertiary/aromatic N) is 1. The summed E-state index contributed by atoms with van der Waals surface area (Å²) in [5, 5.41) is 19.1. The van der Waals surface area contributed by atoms with E-state index in [1.807, 2.05) is 6.07 Å². The molecule has 1 unspecified atom stereocenters. The maximum Gasteiger partial charge on any atom is 0.229 e. The first-order valence-corrected chi connectivity index (χ1v) is 9.36. The van der Waals surface area contributed by atoms with E-state index < -0.39 is 21.9 Å². The van der Waals surface area contributed by atoms with Gasteiger partial charge in [-0.1, -0.05) is 0 Å². The summed E-state index contributed by atoms with van der Waals surface area (Å²) in [6.07, 6.45) is 1.14. The second-order valence-electron chi connectivity index (χ2n) is 5.82. The van der Waals surface area contributed by atoms with Crippen molar-refractivity contribution >= 4 is 15.7 Å². The molecule has 0 heterocycles. The Bertz CT molecular complexity index is 983. The number of rotatable bonds is 4. The number of fused-ring (bicyclic) bond motifs is 1. The molecule has 0 radical (unpaired) electrons. The summed E-state index contributed by atoms with van der Waals surface area (Å²) >= 11 is 0. The minimum atomic E-state index is -3.50. The lowest BCUT2D eigenvalue weighted by molar-refractivity contribution is 0.180. The molecule has 0 spiro atoms. The first kappa shape index (κ1) is 17.2. The Morgan fingerprint density at radius 1 is 1.36 bits per heavy atom. The van der Waals surface area contributed by atoms with Crippen LogP contribution in [0.15, 0.2) is 30.3 Å². The van der Waals surface area contributed by atoms with Crippen LogP contribution in [0.4, 0.5) is 10.1 Å². The Labute approximate surface area is 144 Å². The monoisotopic (exact) mass is 362 g/mol. The van der Waals surface area contributed by atoms with Crippen molar-refractivity contribution < 1.29 is 22.7 Å². The van der Waals surface area contributed by atoms with Crippen molar-refractivity contribution in [3.63, 3.8) is 0 Å². The van der Waals surface area contributed by atoms with E-state index in [0.717, 1.165) is 18.4 Å². The summed E-state index contributed by atoms with van der Waals surface area (Å²) in [6.45, 7) is 0. The van der Waals surface area contributed by atoms with Crippen LogP contribution < -0.4 is 9.46 Å². The van der Waals surface area contributed by atoms with E-state index in [1.54, 1.807) is 6.07 Å². The zero-order valence-corrected chi connectivity index (χ0v) is 14.1. The van der Waals surface area contributed by atoms with Crippen molar-refractivity contribution in [2.45, 2.75) is 18.9 Å². The molecule has 0 saturated carbocycles. The minimum Gasteiger partial charge on any atom is -0.457 e. The van der Waals surface area contributed by atoms with E-state index in [4.69, 9.17) is 10.00 Å². The smallest absolute Gasteiger partial charge is 0.229 e. The average molecular weight is 362 g/mol. The predicted molar refractivity (Wildman–Crippen MR) is 89.4 cm³/mol. The number of sulfonamides is 1. The van der Waals surface area contributed by atoms with Crippen LogP contribution >= 0.6 is 0 Å². The summed E-state index contributed by atoms with van der Waals surface area (Å²) in [4.78, 5) is 0. The van der Waals surface area contributed by atoms with E-state index in [0.29, 0.717) is 35.4 Å². The number of aliphatic hydroxyl groups is 1. The average Bonchev–Trinajstić information content (AvgIpc) is 2.90. The normalized spacial score (nSPS) is 16.2. The second kappa shape index (κ2) is 6.35. The maximum atomic E-state index is 13.6. The van der Waals surface area contributed by atoms with E-state index in [2.05, 4.69) is 4.72 Å². The van der Waals surface area contributed by atoms with Gasteiger partial charge in [0, 0.05) is 17.2 Å². The number of aliphatic hydroxyl groups excluding tert-OH is 1. The molecule has 0 amide bonds. The highest BCUT2D eigenvalue weighted by Crippen LogP contribution is 2.43. The topological polar surface area (TPSA) is 99.4 Å². The molecule has 2 N–H and O–H groups in total. The predicted octanol–water partition coefficient (Wildman–Crippen LogP) is 2.84. The third-order valence-corrected chi connectivity index (χ3v) is 4.43. The quantitative estimate of drug-likeness (QED) is 0.871. The number of ether oxygens (including phenoxy) is 1. The Balaban J connectivity index is 2.02. The Kier molecular flexibility index (Phi) is 4.37. The Morgan fingerprint density at radius 2 is 2.12 bits per heavy atom. The molecular weight excluding hydrogens is 347 g/mol. The number of anilines is 1. The first-order valence-electron chi connectivity index (χ1n) is 7.47. The highest BCUT2D eigenvalue weighted by molar-refractivity contribution is 7.92. The largest absolute Gasteiger partial charge is 0.457 e. The molecule has 2 aromatic carbocycles. The molecule has 0 aromatic heterocycles. The van der Waals surface area contributed by atoms with Gasteiger partial charge in [0.15, 0.2) is 0 Å². The molecule has 3 rings (SSSR count). The maximum absolute atomic E-state index is 13.6. The standard InChI is InChI=1S/C17H15FN2O4S/c1-25(22,23)20-14-3-5-16(13-2-4-15(21)17(13)14)24-12-7-10(9-19)6-11(18)8-12/h3,5-8,15,20-21H,2,4H2,1H3. The van der Waals surface area contributed by atoms with Gasteiger partial charge in [-0.15, -0.1) is 0 Å². The molecule has 0 aliphatic heterocycles. The molecule has 1 atom stereocenters. The van der Waals surface area contributed by atoms with Crippen LogP contribution in [0.25, 0.3) is 0 Å². The lowest BCUT2D eigenvalue weighted by Crippen LogP contribution is -2.12. The third-order valence-electron chi connectivity index (χ3n) is 3.84. The molecule has 1 aliphatic rings. The van der Waals surface area contributed by atoms with Crippen LogP contribution in [0, 0.1) is 17.1 Å². The van der Waals surface area contributed by atoms with Gasteiger partial charge in [0.2, 0.25) is 10.0 Å². The highest BCUT2D eigenvalue weighted by atomic mass is 32.2. The van der Waals surface area contributed by atoms with Gasteiger partial charge >= 0.3 is 0 Å². The van der Waals surface area contributed by atoms with Gasteiger partial charge in [0.1, 0.15) is 17.3 Å². The molecule has 0 saturated heterocycles. The van der Waals surface area contributed by atoms with Gasteiger partial charge in [-0.3, -0.25) is 4.72 Å². The summed E-state index contributed by atoms with van der Waals surface area (Å²) < 4.78 is 44.6. The fourth-order valence-electron chi connectivity index (χ4n) is 2.91. The van der Waals surface area contributed by atoms with Crippen LogP contribution in [0.1, 0.15) is 29.2 Å². The fraction of sp³-hybridized carbons (Fsp3) is 0.235. The third kappa shape index (κ3) is 3.73. The van der Waals surface area contributed by atoms with Crippen LogP contribution in [0.2, 0.25) is 0 Å². The zero-order valence-electron chi connectivity index (χ0n) is 13.3. The summed E-state index contributed by atoms with van der Waals surface area (Å²) in [6, 6.07) is 8.56. The van der Waals surface area contributed by atoms with Gasteiger partial charge < -0.3 is 9.84 Å². The number of nitrogens with one attached hydrogen (secondary N) is 1. The second-order valence-corrected chi connectivity index (χ2v) is 7.57. The van der Waals surface area contributed by atoms with Crippen molar-refractivity contribution in [3.8, 4) is 17.6 Å². The van der Waals surface area contributed by atoms with Gasteiger partial charge in [0.25, 0.3) is 0 Å². The summed E-state index contributed by atoms with van der Waals surface area (Å²) in [5.74, 6) is -0.0508. The molecule has 1 aliphatic carbocycles. The molecule has 6 nitrogen and oxygen atoms in total. The van der Waals surface area contributed by atoms with Gasteiger partial charge in [0.05, 0.1) is 29.7 Å². The number of halogens is 1. The van der Waals surface area contributed by atoms with E-state index in [9.17, 15) is 17.9 Å². The van der Waals surface area contributed by atoms with Crippen molar-refractivity contribution in [1.29, 1.82) is 5.26 Å². The molecule has 0 fully saturated rings. The van der Waals surface area contributed by atoms with Crippen LogP contribution in [0.5, 0.6) is 11.5 Å². The van der Waals surface area contributed by atoms with E-state index >= 15 is 0 Å². The first-order chi connectivity index (χ1) is 11.8. The Hall–Kier alpha value is -2.63. The molecular formula is C17H15FN2O4S. The van der Waals surface area contributed by atoms with Crippen molar-refractivity contribution in [2.75, 3.05) is 11.0 Å². The van der Waals surface area contributed by atoms with Crippen molar-refractivity contribution in [3.05, 3.63) is 52.8 Å². The Morgan fingerprint density at radius 3 is 2.80 bits per heavy atom. The van der Waals surface area contributed by atoms with Gasteiger partial charge in [-0.2, -0.15) is 5.26 Å². The number of benzene rings is 2. The van der Waals surface area contributed by atoms with E-state index in [-0.39, 0.29) is 11.3 Å². The lowest BCUT2D eigenvalue weighted by Gasteiger charge is -2.16. The van der Waals surface area contributed by atoms with Gasteiger partial charge in [-0.05, 0) is 37.1 Å². The van der Waals surface area contributed by atoms with Crippen molar-refractivity contribution in [2.24, 2.45) is 0 Å². The van der Waals surface area contributed by atoms with E-state index in [1.165, 1.54) is 12.1 Å². The number of hydrogen-bond acceptors (Lipinski definition) is 5. The fourth-order valence-corrected chi connectivity index (χ4v) is 3.48. The lowest BCUT2D eigenvalue weighted by atomic mass is 10.1. The zero-order chi connectivity index (χ0) is 18.2. The molecule has 8 heteroatoms. The van der Waals surface area contributed by atoms with Crippen LogP contribution in [-0.2, 0) is 16.4 Å². The van der Waals surface area contributed by atoms with Gasteiger partial charge in [-0.25, -0.2) is 12.8 Å². The van der Waals surface area contributed by atoms with Crippen LogP contribution in [0.3, 0.4) is 0 Å². The molecule has 25 heavy (non-hydrogen) atoms. The summed E-state index contributed by atoms with van der Waals surface area (Å²) in [7, 11) is -3.50. The number of nitriles is 1. The minimum absolute atomic E-state index is 0.127. The molecule has 0 bridgehead atoms.